The van der Waals surface area contributed by atoms with Gasteiger partial charge in [-0.2, -0.15) is 0 Å². The fraction of sp³-hybridized carbons (Fsp3) is 0.917. The second-order valence-corrected chi connectivity index (χ2v) is 16.7. The van der Waals surface area contributed by atoms with E-state index in [9.17, 15) is 19.5 Å². The zero-order valence-electron chi connectivity index (χ0n) is 27.5. The van der Waals surface area contributed by atoms with Gasteiger partial charge >= 0.3 is 11.9 Å². The largest absolute Gasteiger partial charge is 0.481 e. The highest BCUT2D eigenvalue weighted by molar-refractivity contribution is 5.81. The number of carboxylic acids is 1. The first-order chi connectivity index (χ1) is 19.1. The lowest BCUT2D eigenvalue weighted by Crippen LogP contribution is -2.64. The molecule has 0 aromatic heterocycles. The zero-order valence-corrected chi connectivity index (χ0v) is 27.5. The van der Waals surface area contributed by atoms with Gasteiger partial charge in [0.15, 0.2) is 0 Å². The summed E-state index contributed by atoms with van der Waals surface area (Å²) >= 11 is 0. The topological polar surface area (TPSA) is 80.7 Å². The highest BCUT2D eigenvalue weighted by Crippen LogP contribution is 2.72. The summed E-state index contributed by atoms with van der Waals surface area (Å²) < 4.78 is 6.08. The van der Waals surface area contributed by atoms with Crippen molar-refractivity contribution in [3.63, 3.8) is 0 Å². The maximum atomic E-state index is 12.9. The SMILES string of the molecule is CC(C)(CC(=O)OC1CCC2(C)C(CCC3(C)C4CCC5(C=O)CCCCC5C4CCC32)C1(C)C)C(=O)O.CCC. The molecule has 5 heteroatoms. The van der Waals surface area contributed by atoms with Crippen LogP contribution in [0.15, 0.2) is 0 Å². The number of carboxylic acid groups (broad SMARTS) is 1. The van der Waals surface area contributed by atoms with E-state index < -0.39 is 11.4 Å². The molecule has 1 N–H and O–H groups in total. The maximum Gasteiger partial charge on any atom is 0.309 e. The third-order valence-corrected chi connectivity index (χ3v) is 13.4. The second-order valence-electron chi connectivity index (χ2n) is 16.7. The summed E-state index contributed by atoms with van der Waals surface area (Å²) in [6.07, 6.45) is 16.4. The van der Waals surface area contributed by atoms with Crippen LogP contribution >= 0.6 is 0 Å². The number of fused-ring (bicyclic) bond motifs is 7. The number of hydrogen-bond acceptors (Lipinski definition) is 4. The summed E-state index contributed by atoms with van der Waals surface area (Å²) in [4.78, 5) is 36.8. The van der Waals surface area contributed by atoms with Gasteiger partial charge in [0.05, 0.1) is 11.8 Å². The first-order valence-corrected chi connectivity index (χ1v) is 17.0. The van der Waals surface area contributed by atoms with Crippen molar-refractivity contribution in [2.45, 2.75) is 151 Å². The molecule has 0 heterocycles. The van der Waals surface area contributed by atoms with Gasteiger partial charge in [-0.3, -0.25) is 9.59 Å². The summed E-state index contributed by atoms with van der Waals surface area (Å²) in [5.74, 6) is 1.84. The molecule has 5 aliphatic rings. The van der Waals surface area contributed by atoms with Crippen LogP contribution in [0.3, 0.4) is 0 Å². The van der Waals surface area contributed by atoms with E-state index >= 15 is 0 Å². The van der Waals surface area contributed by atoms with E-state index in [0.717, 1.165) is 38.0 Å². The van der Waals surface area contributed by atoms with E-state index in [1.165, 1.54) is 57.7 Å². The first kappa shape index (κ1) is 32.5. The number of carbonyl (C=O) groups is 3. The Morgan fingerprint density at radius 1 is 0.829 bits per heavy atom. The summed E-state index contributed by atoms with van der Waals surface area (Å²) in [5.41, 5.74) is -0.753. The maximum absolute atomic E-state index is 12.9. The second kappa shape index (κ2) is 11.6. The molecule has 5 rings (SSSR count). The molecular weight excluding hydrogens is 512 g/mol. The van der Waals surface area contributed by atoms with E-state index in [4.69, 9.17) is 4.74 Å². The Balaban J connectivity index is 0.00000124. The zero-order chi connectivity index (χ0) is 30.4. The molecule has 5 nitrogen and oxygen atoms in total. The average molecular weight is 573 g/mol. The molecule has 5 aliphatic carbocycles. The highest BCUT2D eigenvalue weighted by atomic mass is 16.5. The number of esters is 1. The lowest BCUT2D eigenvalue weighted by Gasteiger charge is -2.69. The molecule has 9 atom stereocenters. The van der Waals surface area contributed by atoms with Crippen LogP contribution in [-0.2, 0) is 19.1 Å². The predicted octanol–water partition coefficient (Wildman–Crippen LogP) is 8.87. The number of carbonyl (C=O) groups excluding carboxylic acids is 2. The average Bonchev–Trinajstić information content (AvgIpc) is 2.90. The van der Waals surface area contributed by atoms with Gasteiger partial charge in [0, 0.05) is 10.8 Å². The van der Waals surface area contributed by atoms with Gasteiger partial charge in [-0.1, -0.05) is 60.8 Å². The van der Waals surface area contributed by atoms with Gasteiger partial charge in [-0.25, -0.2) is 0 Å². The molecule has 9 unspecified atom stereocenters. The number of ether oxygens (including phenoxy) is 1. The third kappa shape index (κ3) is 5.43. The molecule has 0 amide bonds. The van der Waals surface area contributed by atoms with Crippen molar-refractivity contribution in [3.8, 4) is 0 Å². The van der Waals surface area contributed by atoms with Crippen LogP contribution in [0.1, 0.15) is 145 Å². The minimum Gasteiger partial charge on any atom is -0.481 e. The highest BCUT2D eigenvalue weighted by Gasteiger charge is 2.66. The van der Waals surface area contributed by atoms with E-state index in [2.05, 4.69) is 41.5 Å². The van der Waals surface area contributed by atoms with Crippen LogP contribution in [-0.4, -0.2) is 29.4 Å². The molecule has 0 radical (unpaired) electrons. The van der Waals surface area contributed by atoms with Crippen LogP contribution in [0.4, 0.5) is 0 Å². The van der Waals surface area contributed by atoms with E-state index in [1.807, 2.05) is 0 Å². The smallest absolute Gasteiger partial charge is 0.309 e. The van der Waals surface area contributed by atoms with Crippen molar-refractivity contribution < 1.29 is 24.2 Å². The Kier molecular flexibility index (Phi) is 9.20. The van der Waals surface area contributed by atoms with Crippen molar-refractivity contribution >= 4 is 18.2 Å². The monoisotopic (exact) mass is 572 g/mol. The number of aldehydes is 1. The fourth-order valence-electron chi connectivity index (χ4n) is 11.5. The van der Waals surface area contributed by atoms with Crippen LogP contribution < -0.4 is 0 Å². The quantitative estimate of drug-likeness (QED) is 0.263. The summed E-state index contributed by atoms with van der Waals surface area (Å²) in [6, 6.07) is 0. The normalized spacial score (nSPS) is 43.0. The summed E-state index contributed by atoms with van der Waals surface area (Å²) in [5, 5.41) is 9.47. The minimum atomic E-state index is -1.12. The van der Waals surface area contributed by atoms with Gasteiger partial charge in [0.2, 0.25) is 0 Å². The molecule has 0 aromatic carbocycles. The van der Waals surface area contributed by atoms with Crippen LogP contribution in [0.5, 0.6) is 0 Å². The van der Waals surface area contributed by atoms with Crippen molar-refractivity contribution in [2.75, 3.05) is 0 Å². The molecule has 5 saturated carbocycles. The molecule has 0 spiro atoms. The lowest BCUT2D eigenvalue weighted by atomic mass is 9.35. The molecule has 5 fully saturated rings. The van der Waals surface area contributed by atoms with Crippen LogP contribution in [0.25, 0.3) is 0 Å². The molecule has 41 heavy (non-hydrogen) atoms. The Hall–Kier alpha value is -1.39. The number of aliphatic carboxylic acids is 1. The number of hydrogen-bond donors (Lipinski definition) is 1. The van der Waals surface area contributed by atoms with Crippen LogP contribution in [0.2, 0.25) is 0 Å². The van der Waals surface area contributed by atoms with Crippen molar-refractivity contribution in [3.05, 3.63) is 0 Å². The molecule has 0 saturated heterocycles. The predicted molar refractivity (Wildman–Crippen MR) is 163 cm³/mol. The third-order valence-electron chi connectivity index (χ3n) is 13.4. The standard InChI is InChI=1S/C33H52O5.C3H8/c1-29(2,28(36)37)19-27(35)38-26-14-17-32(6)24(30(26,3)4)13-16-31(5)22-12-18-33(20-34)15-8-7-9-23(33)21(22)10-11-25(31)32;1-3-2/h20-26H,7-19H2,1-6H3,(H,36,37);3H2,1-2H3. The van der Waals surface area contributed by atoms with E-state index in [-0.39, 0.29) is 34.7 Å². The van der Waals surface area contributed by atoms with Gasteiger partial charge in [0.25, 0.3) is 0 Å². The first-order valence-electron chi connectivity index (χ1n) is 17.0. The van der Waals surface area contributed by atoms with E-state index in [0.29, 0.717) is 29.1 Å². The fourth-order valence-corrected chi connectivity index (χ4v) is 11.5. The molecular formula is C36H60O5. The van der Waals surface area contributed by atoms with Gasteiger partial charge in [-0.15, -0.1) is 0 Å². The van der Waals surface area contributed by atoms with Gasteiger partial charge in [-0.05, 0) is 118 Å². The molecule has 0 aliphatic heterocycles. The van der Waals surface area contributed by atoms with Gasteiger partial charge < -0.3 is 14.6 Å². The van der Waals surface area contributed by atoms with Crippen LogP contribution in [0, 0.1) is 56.7 Å². The Morgan fingerprint density at radius 2 is 1.49 bits per heavy atom. The minimum absolute atomic E-state index is 0.0388. The Bertz CT molecular complexity index is 984. The van der Waals surface area contributed by atoms with Crippen molar-refractivity contribution in [1.82, 2.24) is 0 Å². The molecule has 0 bridgehead atoms. The van der Waals surface area contributed by atoms with Crippen molar-refractivity contribution in [2.24, 2.45) is 56.7 Å². The number of rotatable bonds is 5. The van der Waals surface area contributed by atoms with Gasteiger partial charge in [0.1, 0.15) is 12.4 Å². The van der Waals surface area contributed by atoms with Crippen molar-refractivity contribution in [1.29, 1.82) is 0 Å². The molecule has 0 aromatic rings. The molecule has 234 valence electrons. The Morgan fingerprint density at radius 3 is 2.12 bits per heavy atom. The Labute approximate surface area is 250 Å². The van der Waals surface area contributed by atoms with E-state index in [1.54, 1.807) is 13.8 Å². The summed E-state index contributed by atoms with van der Waals surface area (Å²) in [6.45, 7) is 17.2. The summed E-state index contributed by atoms with van der Waals surface area (Å²) in [7, 11) is 0. The lowest BCUT2D eigenvalue weighted by molar-refractivity contribution is -0.224.